The highest BCUT2D eigenvalue weighted by molar-refractivity contribution is 7.10. The molecule has 1 atom stereocenters. The van der Waals surface area contributed by atoms with Crippen molar-refractivity contribution in [3.8, 4) is 0 Å². The third-order valence-electron chi connectivity index (χ3n) is 2.71. The minimum absolute atomic E-state index is 0.515. The Balaban J connectivity index is 2.05. The van der Waals surface area contributed by atoms with Gasteiger partial charge in [-0.2, -0.15) is 0 Å². The molecule has 0 saturated heterocycles. The van der Waals surface area contributed by atoms with E-state index in [-0.39, 0.29) is 0 Å². The molecule has 0 bridgehead atoms. The highest BCUT2D eigenvalue weighted by Crippen LogP contribution is 2.27. The van der Waals surface area contributed by atoms with Crippen molar-refractivity contribution in [1.29, 1.82) is 0 Å². The minimum atomic E-state index is -0.515. The summed E-state index contributed by atoms with van der Waals surface area (Å²) in [6.07, 6.45) is 1.39. The number of aliphatic hydroxyl groups excluding tert-OH is 1. The summed E-state index contributed by atoms with van der Waals surface area (Å²) >= 11 is 1.58. The summed E-state index contributed by atoms with van der Waals surface area (Å²) in [6, 6.07) is 11.9. The first kappa shape index (κ1) is 9.63. The van der Waals surface area contributed by atoms with Crippen LogP contribution in [-0.4, -0.2) is 10.1 Å². The fourth-order valence-electron chi connectivity index (χ4n) is 1.85. The van der Waals surface area contributed by atoms with Crippen LogP contribution >= 0.6 is 11.3 Å². The Bertz CT molecular complexity index is 597. The van der Waals surface area contributed by atoms with Gasteiger partial charge < -0.3 is 10.1 Å². The molecule has 2 aromatic heterocycles. The number of rotatable bonds is 2. The number of hydrogen-bond acceptors (Lipinski definition) is 2. The van der Waals surface area contributed by atoms with Gasteiger partial charge in [-0.3, -0.25) is 0 Å². The largest absolute Gasteiger partial charge is 0.383 e. The van der Waals surface area contributed by atoms with Gasteiger partial charge in [0.05, 0.1) is 0 Å². The second-order valence-electron chi connectivity index (χ2n) is 3.74. The predicted molar refractivity (Wildman–Crippen MR) is 66.7 cm³/mol. The molecule has 0 aliphatic carbocycles. The lowest BCUT2D eigenvalue weighted by Crippen LogP contribution is -1.96. The molecular formula is C13H11NOS. The van der Waals surface area contributed by atoms with Crippen LogP contribution in [0.15, 0.2) is 48.0 Å². The predicted octanol–water partition coefficient (Wildman–Crippen LogP) is 3.31. The van der Waals surface area contributed by atoms with Crippen LogP contribution in [0.25, 0.3) is 10.9 Å². The Morgan fingerprint density at radius 1 is 1.19 bits per heavy atom. The van der Waals surface area contributed by atoms with Crippen LogP contribution in [0.1, 0.15) is 16.5 Å². The zero-order valence-corrected chi connectivity index (χ0v) is 9.37. The van der Waals surface area contributed by atoms with Crippen LogP contribution in [0, 0.1) is 0 Å². The molecule has 1 aromatic carbocycles. The van der Waals surface area contributed by atoms with E-state index in [0.29, 0.717) is 0 Å². The molecule has 3 aromatic rings. The maximum Gasteiger partial charge on any atom is 0.113 e. The normalized spacial score (nSPS) is 13.1. The van der Waals surface area contributed by atoms with Crippen molar-refractivity contribution in [2.75, 3.05) is 0 Å². The first-order valence-corrected chi connectivity index (χ1v) is 6.01. The smallest absolute Gasteiger partial charge is 0.113 e. The zero-order valence-electron chi connectivity index (χ0n) is 8.55. The number of aliphatic hydroxyl groups is 1. The van der Waals surface area contributed by atoms with Gasteiger partial charge in [-0.05, 0) is 40.6 Å². The third-order valence-corrected chi connectivity index (χ3v) is 3.63. The van der Waals surface area contributed by atoms with Gasteiger partial charge >= 0.3 is 0 Å². The molecular weight excluding hydrogens is 218 g/mol. The van der Waals surface area contributed by atoms with E-state index in [0.717, 1.165) is 21.3 Å². The number of hydrogen-bond donors (Lipinski definition) is 2. The standard InChI is InChI=1S/C13H11NOS/c15-13(12-2-1-7-16-12)10-3-4-11-9(8-10)5-6-14-11/h1-8,13-15H. The summed E-state index contributed by atoms with van der Waals surface area (Å²) in [5, 5.41) is 13.3. The minimum Gasteiger partial charge on any atom is -0.383 e. The average molecular weight is 229 g/mol. The molecule has 0 spiro atoms. The van der Waals surface area contributed by atoms with E-state index in [4.69, 9.17) is 0 Å². The van der Waals surface area contributed by atoms with Crippen LogP contribution in [0.5, 0.6) is 0 Å². The Labute approximate surface area is 97.2 Å². The number of fused-ring (bicyclic) bond motifs is 1. The maximum absolute atomic E-state index is 10.2. The van der Waals surface area contributed by atoms with Crippen LogP contribution < -0.4 is 0 Å². The van der Waals surface area contributed by atoms with Gasteiger partial charge in [-0.25, -0.2) is 0 Å². The molecule has 0 fully saturated rings. The zero-order chi connectivity index (χ0) is 11.0. The molecule has 0 amide bonds. The molecule has 0 aliphatic heterocycles. The van der Waals surface area contributed by atoms with Crippen molar-refractivity contribution in [1.82, 2.24) is 4.98 Å². The van der Waals surface area contributed by atoms with Crippen LogP contribution in [-0.2, 0) is 0 Å². The average Bonchev–Trinajstić information content (AvgIpc) is 2.98. The van der Waals surface area contributed by atoms with Crippen molar-refractivity contribution in [2.45, 2.75) is 6.10 Å². The lowest BCUT2D eigenvalue weighted by Gasteiger charge is -2.08. The fourth-order valence-corrected chi connectivity index (χ4v) is 2.59. The Morgan fingerprint density at radius 2 is 2.12 bits per heavy atom. The maximum atomic E-state index is 10.2. The number of aromatic amines is 1. The molecule has 2 nitrogen and oxygen atoms in total. The summed E-state index contributed by atoms with van der Waals surface area (Å²) < 4.78 is 0. The van der Waals surface area contributed by atoms with E-state index >= 15 is 0 Å². The van der Waals surface area contributed by atoms with Gasteiger partial charge in [0.2, 0.25) is 0 Å². The Morgan fingerprint density at radius 3 is 2.94 bits per heavy atom. The van der Waals surface area contributed by atoms with Crippen LogP contribution in [0.2, 0.25) is 0 Å². The van der Waals surface area contributed by atoms with Gasteiger partial charge in [-0.15, -0.1) is 11.3 Å². The van der Waals surface area contributed by atoms with Crippen molar-refractivity contribution in [3.05, 3.63) is 58.4 Å². The molecule has 3 heteroatoms. The van der Waals surface area contributed by atoms with Gasteiger partial charge in [-0.1, -0.05) is 12.1 Å². The van der Waals surface area contributed by atoms with Gasteiger partial charge in [0.25, 0.3) is 0 Å². The quantitative estimate of drug-likeness (QED) is 0.695. The summed E-state index contributed by atoms with van der Waals surface area (Å²) in [6.45, 7) is 0. The lowest BCUT2D eigenvalue weighted by molar-refractivity contribution is 0.224. The summed E-state index contributed by atoms with van der Waals surface area (Å²) in [5.74, 6) is 0. The SMILES string of the molecule is OC(c1ccc2[nH]ccc2c1)c1cccs1. The van der Waals surface area contributed by atoms with E-state index in [2.05, 4.69) is 4.98 Å². The molecule has 2 N–H and O–H groups in total. The summed E-state index contributed by atoms with van der Waals surface area (Å²) in [7, 11) is 0. The first-order valence-electron chi connectivity index (χ1n) is 5.13. The molecule has 1 unspecified atom stereocenters. The Kier molecular flexibility index (Phi) is 2.27. The Hall–Kier alpha value is -1.58. The van der Waals surface area contributed by atoms with Crippen LogP contribution in [0.3, 0.4) is 0 Å². The van der Waals surface area contributed by atoms with E-state index < -0.39 is 6.10 Å². The van der Waals surface area contributed by atoms with Crippen molar-refractivity contribution in [3.63, 3.8) is 0 Å². The number of aromatic nitrogens is 1. The summed E-state index contributed by atoms with van der Waals surface area (Å²) in [5.41, 5.74) is 2.04. The topological polar surface area (TPSA) is 36.0 Å². The molecule has 0 aliphatic rings. The molecule has 3 rings (SSSR count). The second kappa shape index (κ2) is 3.77. The number of thiophene rings is 1. The molecule has 2 heterocycles. The molecule has 16 heavy (non-hydrogen) atoms. The van der Waals surface area contributed by atoms with Crippen molar-refractivity contribution < 1.29 is 5.11 Å². The fraction of sp³-hybridized carbons (Fsp3) is 0.0769. The van der Waals surface area contributed by atoms with E-state index in [1.165, 1.54) is 0 Å². The highest BCUT2D eigenvalue weighted by Gasteiger charge is 2.11. The second-order valence-corrected chi connectivity index (χ2v) is 4.72. The first-order chi connectivity index (χ1) is 7.84. The molecule has 0 saturated carbocycles. The highest BCUT2D eigenvalue weighted by atomic mass is 32.1. The number of benzene rings is 1. The van der Waals surface area contributed by atoms with Crippen molar-refractivity contribution in [2.24, 2.45) is 0 Å². The molecule has 80 valence electrons. The lowest BCUT2D eigenvalue weighted by atomic mass is 10.1. The van der Waals surface area contributed by atoms with Crippen molar-refractivity contribution >= 4 is 22.2 Å². The van der Waals surface area contributed by atoms with Gasteiger partial charge in [0.15, 0.2) is 0 Å². The van der Waals surface area contributed by atoms with Gasteiger partial charge in [0.1, 0.15) is 6.10 Å². The van der Waals surface area contributed by atoms with Crippen LogP contribution in [0.4, 0.5) is 0 Å². The van der Waals surface area contributed by atoms with E-state index in [1.807, 2.05) is 48.0 Å². The van der Waals surface area contributed by atoms with E-state index in [9.17, 15) is 5.11 Å². The number of H-pyrrole nitrogens is 1. The number of nitrogens with one attached hydrogen (secondary N) is 1. The van der Waals surface area contributed by atoms with E-state index in [1.54, 1.807) is 11.3 Å². The van der Waals surface area contributed by atoms with Gasteiger partial charge in [0, 0.05) is 16.6 Å². The summed E-state index contributed by atoms with van der Waals surface area (Å²) in [4.78, 5) is 4.12. The molecule has 0 radical (unpaired) electrons. The third kappa shape index (κ3) is 1.54. The monoisotopic (exact) mass is 229 g/mol.